The minimum Gasteiger partial charge on any atom is -0.381 e. The molecule has 2 rings (SSSR count). The topological polar surface area (TPSA) is 24.9 Å². The first kappa shape index (κ1) is 11.6. The number of aromatic nitrogens is 1. The summed E-state index contributed by atoms with van der Waals surface area (Å²) in [6.07, 6.45) is 4.67. The van der Waals surface area contributed by atoms with Gasteiger partial charge >= 0.3 is 0 Å². The van der Waals surface area contributed by atoms with Gasteiger partial charge in [0.15, 0.2) is 0 Å². The maximum Gasteiger partial charge on any atom is 0.0540 e. The summed E-state index contributed by atoms with van der Waals surface area (Å²) in [5.41, 5.74) is 2.44. The lowest BCUT2D eigenvalue weighted by Gasteiger charge is -2.14. The normalized spacial score (nSPS) is 12.4. The molecule has 0 aliphatic rings. The maximum atomic E-state index is 4.13. The third-order valence-corrected chi connectivity index (χ3v) is 3.41. The maximum absolute atomic E-state index is 4.13. The van der Waals surface area contributed by atoms with Gasteiger partial charge in [-0.15, -0.1) is 0 Å². The van der Waals surface area contributed by atoms with Crippen LogP contribution in [0.4, 0.5) is 5.69 Å². The minimum atomic E-state index is 0.408. The van der Waals surface area contributed by atoms with Gasteiger partial charge in [0.25, 0.3) is 0 Å². The zero-order valence-electron chi connectivity index (χ0n) is 8.98. The van der Waals surface area contributed by atoms with E-state index in [1.54, 1.807) is 17.5 Å². The summed E-state index contributed by atoms with van der Waals surface area (Å²) >= 11 is 5.15. The summed E-state index contributed by atoms with van der Waals surface area (Å²) in [5.74, 6) is 0. The van der Waals surface area contributed by atoms with Crippen LogP contribution in [0.3, 0.4) is 0 Å². The van der Waals surface area contributed by atoms with Crippen LogP contribution in [0.2, 0.25) is 0 Å². The van der Waals surface area contributed by atoms with E-state index in [0.29, 0.717) is 6.04 Å². The number of halogens is 1. The quantitative estimate of drug-likeness (QED) is 0.924. The minimum absolute atomic E-state index is 0.408. The molecule has 2 aromatic rings. The molecule has 0 saturated heterocycles. The predicted octanol–water partition coefficient (Wildman–Crippen LogP) is 3.95. The number of nitrogens with one attached hydrogen (secondary N) is 1. The molecule has 2 nitrogen and oxygen atoms in total. The van der Waals surface area contributed by atoms with Crippen molar-refractivity contribution in [3.8, 4) is 0 Å². The lowest BCUT2D eigenvalue weighted by atomic mass is 10.1. The number of rotatable bonds is 4. The van der Waals surface area contributed by atoms with Crippen LogP contribution in [0.5, 0.6) is 0 Å². The van der Waals surface area contributed by atoms with Crippen LogP contribution in [0.1, 0.15) is 12.5 Å². The highest BCUT2D eigenvalue weighted by Gasteiger charge is 2.04. The Bertz CT molecular complexity index is 442. The second-order valence-electron chi connectivity index (χ2n) is 3.77. The van der Waals surface area contributed by atoms with Crippen LogP contribution in [0, 0.1) is 0 Å². The molecule has 1 N–H and O–H groups in total. The molecular weight excluding hydrogens is 284 g/mol. The van der Waals surface area contributed by atoms with E-state index in [9.17, 15) is 0 Å². The molecule has 1 atom stereocenters. The molecule has 2 aromatic heterocycles. The van der Waals surface area contributed by atoms with Crippen molar-refractivity contribution in [2.75, 3.05) is 5.32 Å². The Kier molecular flexibility index (Phi) is 3.96. The summed E-state index contributed by atoms with van der Waals surface area (Å²) in [6.45, 7) is 2.18. The Balaban J connectivity index is 1.94. The molecule has 16 heavy (non-hydrogen) atoms. The third kappa shape index (κ3) is 3.32. The molecule has 0 fully saturated rings. The van der Waals surface area contributed by atoms with Gasteiger partial charge in [0.2, 0.25) is 0 Å². The SMILES string of the molecule is CC(Cc1ccsc1)Nc1cncc(Br)c1. The van der Waals surface area contributed by atoms with Crippen molar-refractivity contribution in [3.63, 3.8) is 0 Å². The van der Waals surface area contributed by atoms with E-state index in [4.69, 9.17) is 0 Å². The van der Waals surface area contributed by atoms with E-state index in [0.717, 1.165) is 16.6 Å². The van der Waals surface area contributed by atoms with Gasteiger partial charge in [0.1, 0.15) is 0 Å². The molecule has 0 spiro atoms. The average molecular weight is 297 g/mol. The molecule has 0 aromatic carbocycles. The average Bonchev–Trinajstić information content (AvgIpc) is 2.70. The molecule has 2 heterocycles. The van der Waals surface area contributed by atoms with Crippen LogP contribution < -0.4 is 5.32 Å². The fraction of sp³-hybridized carbons (Fsp3) is 0.250. The molecule has 0 aliphatic carbocycles. The van der Waals surface area contributed by atoms with Gasteiger partial charge in [-0.2, -0.15) is 11.3 Å². The van der Waals surface area contributed by atoms with Gasteiger partial charge < -0.3 is 5.32 Å². The Morgan fingerprint density at radius 3 is 3.06 bits per heavy atom. The first-order chi connectivity index (χ1) is 7.74. The fourth-order valence-corrected chi connectivity index (χ4v) is 2.64. The number of hydrogen-bond donors (Lipinski definition) is 1. The molecule has 84 valence electrons. The van der Waals surface area contributed by atoms with E-state index in [2.05, 4.69) is 50.0 Å². The van der Waals surface area contributed by atoms with Crippen molar-refractivity contribution in [2.45, 2.75) is 19.4 Å². The molecule has 0 aliphatic heterocycles. The van der Waals surface area contributed by atoms with Gasteiger partial charge in [-0.25, -0.2) is 0 Å². The van der Waals surface area contributed by atoms with Gasteiger partial charge in [0.05, 0.1) is 11.9 Å². The van der Waals surface area contributed by atoms with E-state index < -0.39 is 0 Å². The van der Waals surface area contributed by atoms with Crippen molar-refractivity contribution >= 4 is 33.0 Å². The highest BCUT2D eigenvalue weighted by Crippen LogP contribution is 2.16. The highest BCUT2D eigenvalue weighted by molar-refractivity contribution is 9.10. The Labute approximate surface area is 108 Å². The van der Waals surface area contributed by atoms with Crippen LogP contribution >= 0.6 is 27.3 Å². The standard InChI is InChI=1S/C12H13BrN2S/c1-9(4-10-2-3-16-8-10)15-12-5-11(13)6-14-7-12/h2-3,5-9,15H,4H2,1H3. The first-order valence-electron chi connectivity index (χ1n) is 5.12. The first-order valence-corrected chi connectivity index (χ1v) is 6.86. The summed E-state index contributed by atoms with van der Waals surface area (Å²) in [6, 6.07) is 4.62. The lowest BCUT2D eigenvalue weighted by Crippen LogP contribution is -2.17. The second-order valence-corrected chi connectivity index (χ2v) is 5.47. The second kappa shape index (κ2) is 5.46. The van der Waals surface area contributed by atoms with E-state index in [1.807, 2.05) is 12.3 Å². The van der Waals surface area contributed by atoms with Crippen LogP contribution in [0.25, 0.3) is 0 Å². The number of pyridine rings is 1. The Morgan fingerprint density at radius 1 is 1.50 bits per heavy atom. The number of thiophene rings is 1. The van der Waals surface area contributed by atoms with Crippen molar-refractivity contribution in [1.29, 1.82) is 0 Å². The Hall–Kier alpha value is -0.870. The highest BCUT2D eigenvalue weighted by atomic mass is 79.9. The number of hydrogen-bond acceptors (Lipinski definition) is 3. The zero-order chi connectivity index (χ0) is 11.4. The van der Waals surface area contributed by atoms with Crippen LogP contribution in [0.15, 0.2) is 39.8 Å². The van der Waals surface area contributed by atoms with E-state index >= 15 is 0 Å². The van der Waals surface area contributed by atoms with Crippen molar-refractivity contribution in [2.24, 2.45) is 0 Å². The fourth-order valence-electron chi connectivity index (χ4n) is 1.59. The number of nitrogens with zero attached hydrogens (tertiary/aromatic N) is 1. The summed E-state index contributed by atoms with van der Waals surface area (Å²) in [4.78, 5) is 4.13. The van der Waals surface area contributed by atoms with Crippen LogP contribution in [-0.4, -0.2) is 11.0 Å². The molecule has 4 heteroatoms. The molecular formula is C12H13BrN2S. The molecule has 1 unspecified atom stereocenters. The lowest BCUT2D eigenvalue weighted by molar-refractivity contribution is 0.791. The van der Waals surface area contributed by atoms with E-state index in [-0.39, 0.29) is 0 Å². The molecule has 0 amide bonds. The monoisotopic (exact) mass is 296 g/mol. The summed E-state index contributed by atoms with van der Waals surface area (Å²) in [5, 5.41) is 7.74. The number of anilines is 1. The van der Waals surface area contributed by atoms with Crippen LogP contribution in [-0.2, 0) is 6.42 Å². The smallest absolute Gasteiger partial charge is 0.0540 e. The molecule has 0 saturated carbocycles. The van der Waals surface area contributed by atoms with Crippen molar-refractivity contribution in [3.05, 3.63) is 45.3 Å². The van der Waals surface area contributed by atoms with Gasteiger partial charge in [-0.05, 0) is 57.7 Å². The van der Waals surface area contributed by atoms with Gasteiger partial charge in [-0.1, -0.05) is 0 Å². The summed E-state index contributed by atoms with van der Waals surface area (Å²) < 4.78 is 1.00. The van der Waals surface area contributed by atoms with E-state index in [1.165, 1.54) is 5.56 Å². The Morgan fingerprint density at radius 2 is 2.38 bits per heavy atom. The molecule has 0 bridgehead atoms. The third-order valence-electron chi connectivity index (χ3n) is 2.24. The van der Waals surface area contributed by atoms with Crippen molar-refractivity contribution < 1.29 is 0 Å². The van der Waals surface area contributed by atoms with Gasteiger partial charge in [-0.3, -0.25) is 4.98 Å². The summed E-state index contributed by atoms with van der Waals surface area (Å²) in [7, 11) is 0. The largest absolute Gasteiger partial charge is 0.381 e. The zero-order valence-corrected chi connectivity index (χ0v) is 11.4. The van der Waals surface area contributed by atoms with Gasteiger partial charge in [0, 0.05) is 16.7 Å². The molecule has 0 radical (unpaired) electrons. The van der Waals surface area contributed by atoms with Crippen molar-refractivity contribution in [1.82, 2.24) is 4.98 Å². The predicted molar refractivity (Wildman–Crippen MR) is 73.0 cm³/mol.